The largest absolute Gasteiger partial charge is 0.467 e. The van der Waals surface area contributed by atoms with Gasteiger partial charge in [-0.05, 0) is 36.2 Å². The molecule has 7 heteroatoms. The number of hydrogen-bond donors (Lipinski definition) is 0. The molecule has 24 heavy (non-hydrogen) atoms. The van der Waals surface area contributed by atoms with Gasteiger partial charge in [-0.25, -0.2) is 8.42 Å². The van der Waals surface area contributed by atoms with Crippen LogP contribution >= 0.6 is 15.9 Å². The van der Waals surface area contributed by atoms with Crippen molar-refractivity contribution >= 4 is 31.7 Å². The van der Waals surface area contributed by atoms with Gasteiger partial charge < -0.3 is 4.42 Å². The Morgan fingerprint density at radius 2 is 2.04 bits per heavy atom. The van der Waals surface area contributed by atoms with Crippen LogP contribution in [0.15, 0.2) is 56.7 Å². The topological polar surface area (TPSA) is 62.9 Å². The second-order valence-corrected chi connectivity index (χ2v) is 8.59. The van der Waals surface area contributed by atoms with Crippen molar-refractivity contribution in [2.24, 2.45) is 5.10 Å². The summed E-state index contributed by atoms with van der Waals surface area (Å²) in [6, 6.07) is 10.9. The van der Waals surface area contributed by atoms with E-state index < -0.39 is 16.1 Å². The molecule has 1 unspecified atom stereocenters. The number of hydrazone groups is 1. The van der Waals surface area contributed by atoms with Crippen LogP contribution in [0.5, 0.6) is 0 Å². The predicted octanol–water partition coefficient (Wildman–Crippen LogP) is 4.32. The van der Waals surface area contributed by atoms with E-state index in [9.17, 15) is 8.42 Å². The molecule has 0 N–H and O–H groups in total. The van der Waals surface area contributed by atoms with Crippen molar-refractivity contribution in [3.63, 3.8) is 0 Å². The van der Waals surface area contributed by atoms with Gasteiger partial charge in [0.05, 0.1) is 17.7 Å². The van der Waals surface area contributed by atoms with Gasteiger partial charge in [0.2, 0.25) is 0 Å². The summed E-state index contributed by atoms with van der Waals surface area (Å²) >= 11 is 3.41. The van der Waals surface area contributed by atoms with Crippen molar-refractivity contribution in [2.45, 2.75) is 32.2 Å². The fraction of sp³-hybridized carbons (Fsp3) is 0.353. The normalized spacial score (nSPS) is 18.0. The smallest absolute Gasteiger partial charge is 0.250 e. The highest BCUT2D eigenvalue weighted by molar-refractivity contribution is 9.10. The quantitative estimate of drug-likeness (QED) is 0.711. The molecule has 2 heterocycles. The number of halogens is 1. The Bertz CT molecular complexity index is 814. The molecule has 0 spiro atoms. The van der Waals surface area contributed by atoms with E-state index in [1.54, 1.807) is 18.4 Å². The summed E-state index contributed by atoms with van der Waals surface area (Å²) in [4.78, 5) is 0. The lowest BCUT2D eigenvalue weighted by Crippen LogP contribution is -2.29. The van der Waals surface area contributed by atoms with Crippen LogP contribution in [0.1, 0.15) is 43.6 Å². The minimum atomic E-state index is -3.47. The molecule has 1 aromatic carbocycles. The summed E-state index contributed by atoms with van der Waals surface area (Å²) in [5.41, 5.74) is 1.67. The predicted molar refractivity (Wildman–Crippen MR) is 97.3 cm³/mol. The van der Waals surface area contributed by atoms with E-state index in [0.717, 1.165) is 22.2 Å². The van der Waals surface area contributed by atoms with E-state index in [2.05, 4.69) is 21.0 Å². The number of sulfonamides is 1. The first-order chi connectivity index (χ1) is 11.5. The summed E-state index contributed by atoms with van der Waals surface area (Å²) in [5.74, 6) is 0.712. The fourth-order valence-electron chi connectivity index (χ4n) is 2.68. The minimum Gasteiger partial charge on any atom is -0.467 e. The van der Waals surface area contributed by atoms with Crippen LogP contribution in [-0.4, -0.2) is 24.3 Å². The zero-order valence-electron chi connectivity index (χ0n) is 13.4. The zero-order chi connectivity index (χ0) is 17.2. The van der Waals surface area contributed by atoms with Crippen LogP contribution in [0.2, 0.25) is 0 Å². The lowest BCUT2D eigenvalue weighted by atomic mass is 10.0. The molecule has 1 aliphatic heterocycles. The monoisotopic (exact) mass is 410 g/mol. The molecule has 3 rings (SSSR count). The van der Waals surface area contributed by atoms with Crippen molar-refractivity contribution in [3.05, 3.63) is 58.5 Å². The van der Waals surface area contributed by atoms with Crippen molar-refractivity contribution < 1.29 is 12.8 Å². The molecule has 0 aliphatic carbocycles. The van der Waals surface area contributed by atoms with Crippen molar-refractivity contribution in [2.75, 3.05) is 5.75 Å². The molecular weight excluding hydrogens is 392 g/mol. The fourth-order valence-corrected chi connectivity index (χ4v) is 4.57. The summed E-state index contributed by atoms with van der Waals surface area (Å²) < 4.78 is 33.1. The van der Waals surface area contributed by atoms with E-state index in [1.807, 2.05) is 31.2 Å². The third-order valence-corrected chi connectivity index (χ3v) is 6.20. The van der Waals surface area contributed by atoms with Crippen LogP contribution in [0, 0.1) is 0 Å². The van der Waals surface area contributed by atoms with Crippen LogP contribution in [-0.2, 0) is 10.0 Å². The van der Waals surface area contributed by atoms with E-state index in [4.69, 9.17) is 4.42 Å². The molecule has 0 amide bonds. The number of nitrogens with zero attached hydrogens (tertiary/aromatic N) is 2. The standard InChI is InChI=1S/C17H19BrN2O3S/c1-2-3-11-24(21,22)20-16(17-5-4-10-23-17)12-15(19-20)13-6-8-14(18)9-7-13/h4-10,16H,2-3,11-12H2,1H3. The summed E-state index contributed by atoms with van der Waals surface area (Å²) in [5, 5.41) is 4.44. The maximum absolute atomic E-state index is 12.7. The number of benzene rings is 1. The maximum atomic E-state index is 12.7. The van der Waals surface area contributed by atoms with Gasteiger partial charge in [-0.1, -0.05) is 41.4 Å². The molecule has 0 bridgehead atoms. The van der Waals surface area contributed by atoms with E-state index in [-0.39, 0.29) is 5.75 Å². The summed E-state index contributed by atoms with van der Waals surface area (Å²) in [6.45, 7) is 1.97. The van der Waals surface area contributed by atoms with Crippen LogP contribution in [0.3, 0.4) is 0 Å². The van der Waals surface area contributed by atoms with Crippen molar-refractivity contribution in [3.8, 4) is 0 Å². The molecule has 1 atom stereocenters. The highest BCUT2D eigenvalue weighted by atomic mass is 79.9. The Labute approximate surface area is 150 Å². The average Bonchev–Trinajstić information content (AvgIpc) is 3.23. The molecule has 0 fully saturated rings. The molecule has 1 aromatic heterocycles. The number of rotatable bonds is 6. The summed E-state index contributed by atoms with van der Waals surface area (Å²) in [7, 11) is -3.47. The van der Waals surface area contributed by atoms with E-state index in [0.29, 0.717) is 18.6 Å². The maximum Gasteiger partial charge on any atom is 0.250 e. The molecule has 0 radical (unpaired) electrons. The molecule has 128 valence electrons. The Morgan fingerprint density at radius 3 is 2.67 bits per heavy atom. The Hall–Kier alpha value is -1.60. The molecule has 5 nitrogen and oxygen atoms in total. The van der Waals surface area contributed by atoms with Gasteiger partial charge in [0.1, 0.15) is 11.8 Å². The lowest BCUT2D eigenvalue weighted by molar-refractivity contribution is 0.320. The van der Waals surface area contributed by atoms with Gasteiger partial charge in [0, 0.05) is 10.9 Å². The molecule has 0 saturated carbocycles. The number of furan rings is 1. The molecule has 0 saturated heterocycles. The second-order valence-electron chi connectivity index (χ2n) is 5.73. The van der Waals surface area contributed by atoms with Gasteiger partial charge >= 0.3 is 0 Å². The zero-order valence-corrected chi connectivity index (χ0v) is 15.8. The highest BCUT2D eigenvalue weighted by Gasteiger charge is 2.37. The van der Waals surface area contributed by atoms with Gasteiger partial charge in [-0.15, -0.1) is 0 Å². The Balaban J connectivity index is 1.95. The first kappa shape index (κ1) is 17.2. The average molecular weight is 411 g/mol. The van der Waals surface area contributed by atoms with E-state index in [1.165, 1.54) is 4.41 Å². The van der Waals surface area contributed by atoms with Crippen molar-refractivity contribution in [1.82, 2.24) is 4.41 Å². The first-order valence-corrected chi connectivity index (χ1v) is 10.3. The summed E-state index contributed by atoms with van der Waals surface area (Å²) in [6.07, 6.45) is 3.50. The third kappa shape index (κ3) is 3.57. The lowest BCUT2D eigenvalue weighted by Gasteiger charge is -2.21. The SMILES string of the molecule is CCCCS(=O)(=O)N1N=C(c2ccc(Br)cc2)CC1c1ccco1. The molecular formula is C17H19BrN2O3S. The molecule has 1 aliphatic rings. The van der Waals surface area contributed by atoms with Gasteiger partial charge in [-0.2, -0.15) is 9.52 Å². The Morgan fingerprint density at radius 1 is 1.29 bits per heavy atom. The molecule has 2 aromatic rings. The van der Waals surface area contributed by atoms with Gasteiger partial charge in [-0.3, -0.25) is 0 Å². The van der Waals surface area contributed by atoms with Gasteiger partial charge in [0.25, 0.3) is 10.0 Å². The number of unbranched alkanes of at least 4 members (excludes halogenated alkanes) is 1. The minimum absolute atomic E-state index is 0.0951. The third-order valence-electron chi connectivity index (χ3n) is 3.96. The van der Waals surface area contributed by atoms with Gasteiger partial charge in [0.15, 0.2) is 0 Å². The van der Waals surface area contributed by atoms with Crippen LogP contribution in [0.25, 0.3) is 0 Å². The van der Waals surface area contributed by atoms with Crippen LogP contribution < -0.4 is 0 Å². The highest BCUT2D eigenvalue weighted by Crippen LogP contribution is 2.35. The Kier molecular flexibility index (Phi) is 5.10. The van der Waals surface area contributed by atoms with E-state index >= 15 is 0 Å². The van der Waals surface area contributed by atoms with Crippen LogP contribution in [0.4, 0.5) is 0 Å². The first-order valence-electron chi connectivity index (χ1n) is 7.90. The second kappa shape index (κ2) is 7.11. The number of hydrogen-bond acceptors (Lipinski definition) is 4. The van der Waals surface area contributed by atoms with Crippen molar-refractivity contribution in [1.29, 1.82) is 0 Å².